The van der Waals surface area contributed by atoms with E-state index >= 15 is 0 Å². The Morgan fingerprint density at radius 2 is 1.79 bits per heavy atom. The average Bonchev–Trinajstić information content (AvgIpc) is 3.58. The maximum Gasteiger partial charge on any atom is 0.407 e. The Labute approximate surface area is 315 Å². The molecule has 1 fully saturated rings. The van der Waals surface area contributed by atoms with Gasteiger partial charge in [-0.3, -0.25) is 14.2 Å². The summed E-state index contributed by atoms with van der Waals surface area (Å²) in [6.45, 7) is 3.08. The Morgan fingerprint density at radius 1 is 1.04 bits per heavy atom. The molecule has 5 aromatic rings. The fourth-order valence-electron chi connectivity index (χ4n) is 6.48. The Balaban J connectivity index is 1.28. The summed E-state index contributed by atoms with van der Waals surface area (Å²) in [7, 11) is 3.03. The number of nitrogens with one attached hydrogen (secondary N) is 1. The number of aromatic nitrogens is 5. The lowest BCUT2D eigenvalue weighted by molar-refractivity contribution is -0.130. The minimum absolute atomic E-state index is 0.0153. The number of carboxylic acid groups (broad SMARTS) is 1. The van der Waals surface area contributed by atoms with Crippen LogP contribution in [0.25, 0.3) is 39.3 Å². The maximum atomic E-state index is 12.5. The van der Waals surface area contributed by atoms with Crippen molar-refractivity contribution in [1.82, 2.24) is 39.7 Å². The fraction of sp³-hybridized carbons (Fsp3) is 0.351. The predicted molar refractivity (Wildman–Crippen MR) is 199 cm³/mol. The third kappa shape index (κ3) is 8.14. The Hall–Kier alpha value is -5.05. The predicted octanol–water partition coefficient (Wildman–Crippen LogP) is 6.78. The highest BCUT2D eigenvalue weighted by Crippen LogP contribution is 2.42. The lowest BCUT2D eigenvalue weighted by Crippen LogP contribution is -2.47. The molecule has 0 atom stereocenters. The molecule has 0 aliphatic carbocycles. The van der Waals surface area contributed by atoms with E-state index in [1.807, 2.05) is 18.2 Å². The number of carbonyl (C=O) groups excluding carboxylic acids is 1. The number of rotatable bonds is 13. The SMILES string of the molecule is COc1nc(-c2cccc(-c3ccnc(-c4cc(OC)c5nc(CNCCCF)nn5c4)c3Cl)c2Cl)ccc1CN(C(=O)O)C1CCN(C(C)=O)CC1. The second-order valence-electron chi connectivity index (χ2n) is 12.5. The number of likely N-dealkylation sites (tertiary alicyclic amines) is 1. The minimum atomic E-state index is -1.05. The number of nitrogens with zero attached hydrogens (tertiary/aromatic N) is 7. The van der Waals surface area contributed by atoms with Gasteiger partial charge in [-0.1, -0.05) is 41.4 Å². The molecule has 1 aliphatic heterocycles. The summed E-state index contributed by atoms with van der Waals surface area (Å²) in [5.74, 6) is 1.26. The van der Waals surface area contributed by atoms with E-state index in [0.717, 1.165) is 0 Å². The molecule has 1 aromatic carbocycles. The molecule has 53 heavy (non-hydrogen) atoms. The van der Waals surface area contributed by atoms with Crippen molar-refractivity contribution in [3.63, 3.8) is 0 Å². The van der Waals surface area contributed by atoms with Crippen LogP contribution in [-0.4, -0.2) is 98.0 Å². The first-order chi connectivity index (χ1) is 25.6. The molecule has 1 aliphatic rings. The molecule has 278 valence electrons. The van der Waals surface area contributed by atoms with Gasteiger partial charge in [0.1, 0.15) is 0 Å². The number of fused-ring (bicyclic) bond motifs is 1. The third-order valence-corrected chi connectivity index (χ3v) is 10.0. The smallest absolute Gasteiger partial charge is 0.407 e. The number of piperidine rings is 1. The second-order valence-corrected chi connectivity index (χ2v) is 13.3. The van der Waals surface area contributed by atoms with E-state index in [9.17, 15) is 19.1 Å². The second kappa shape index (κ2) is 16.7. The lowest BCUT2D eigenvalue weighted by Gasteiger charge is -2.37. The van der Waals surface area contributed by atoms with Crippen molar-refractivity contribution >= 4 is 40.8 Å². The van der Waals surface area contributed by atoms with Crippen molar-refractivity contribution in [2.24, 2.45) is 0 Å². The molecule has 0 saturated carbocycles. The van der Waals surface area contributed by atoms with Crippen LogP contribution in [0.15, 0.2) is 54.9 Å². The van der Waals surface area contributed by atoms with Crippen molar-refractivity contribution in [1.29, 1.82) is 0 Å². The van der Waals surface area contributed by atoms with Gasteiger partial charge in [0.25, 0.3) is 0 Å². The van der Waals surface area contributed by atoms with Crippen molar-refractivity contribution in [3.05, 3.63) is 76.3 Å². The van der Waals surface area contributed by atoms with Gasteiger partial charge in [-0.15, -0.1) is 5.10 Å². The number of ether oxygens (including phenoxy) is 2. The zero-order valence-electron chi connectivity index (χ0n) is 29.5. The van der Waals surface area contributed by atoms with Crippen LogP contribution in [-0.2, 0) is 17.9 Å². The fourth-order valence-corrected chi connectivity index (χ4v) is 7.13. The van der Waals surface area contributed by atoms with E-state index in [4.69, 9.17) is 37.7 Å². The molecule has 1 saturated heterocycles. The van der Waals surface area contributed by atoms with Gasteiger partial charge >= 0.3 is 6.09 Å². The van der Waals surface area contributed by atoms with Crippen LogP contribution < -0.4 is 14.8 Å². The van der Waals surface area contributed by atoms with Crippen molar-refractivity contribution in [2.45, 2.75) is 45.3 Å². The highest BCUT2D eigenvalue weighted by atomic mass is 35.5. The molecule has 13 nitrogen and oxygen atoms in total. The normalized spacial score (nSPS) is 13.4. The number of pyridine rings is 3. The van der Waals surface area contributed by atoms with E-state index in [0.29, 0.717) is 112 Å². The maximum absolute atomic E-state index is 12.5. The summed E-state index contributed by atoms with van der Waals surface area (Å²) in [6.07, 6.45) is 3.86. The summed E-state index contributed by atoms with van der Waals surface area (Å²) in [5.41, 5.74) is 4.65. The van der Waals surface area contributed by atoms with Crippen LogP contribution in [0.4, 0.5) is 9.18 Å². The first kappa shape index (κ1) is 37.7. The summed E-state index contributed by atoms with van der Waals surface area (Å²) in [4.78, 5) is 41.1. The van der Waals surface area contributed by atoms with Crippen LogP contribution >= 0.6 is 23.2 Å². The van der Waals surface area contributed by atoms with Gasteiger partial charge in [0.15, 0.2) is 17.2 Å². The van der Waals surface area contributed by atoms with E-state index in [1.54, 1.807) is 53.2 Å². The quantitative estimate of drug-likeness (QED) is 0.123. The highest BCUT2D eigenvalue weighted by Gasteiger charge is 2.30. The largest absolute Gasteiger partial charge is 0.493 e. The van der Waals surface area contributed by atoms with E-state index in [-0.39, 0.29) is 24.4 Å². The van der Waals surface area contributed by atoms with Crippen molar-refractivity contribution in [2.75, 3.05) is 40.5 Å². The molecular formula is C37H39Cl2FN8O5. The van der Waals surface area contributed by atoms with Gasteiger partial charge in [-0.05, 0) is 50.1 Å². The third-order valence-electron chi connectivity index (χ3n) is 9.23. The molecule has 0 unspecified atom stereocenters. The summed E-state index contributed by atoms with van der Waals surface area (Å²) in [6, 6.07) is 12.4. The monoisotopic (exact) mass is 764 g/mol. The van der Waals surface area contributed by atoms with Gasteiger partial charge < -0.3 is 29.7 Å². The Kier molecular flexibility index (Phi) is 11.9. The number of carbonyl (C=O) groups is 2. The van der Waals surface area contributed by atoms with Crippen molar-refractivity contribution < 1.29 is 28.6 Å². The zero-order chi connectivity index (χ0) is 37.6. The van der Waals surface area contributed by atoms with Gasteiger partial charge in [0.05, 0.1) is 55.4 Å². The number of hydrogen-bond donors (Lipinski definition) is 2. The van der Waals surface area contributed by atoms with Gasteiger partial charge in [0.2, 0.25) is 11.8 Å². The van der Waals surface area contributed by atoms with Gasteiger partial charge in [0, 0.05) is 66.3 Å². The highest BCUT2D eigenvalue weighted by molar-refractivity contribution is 6.39. The van der Waals surface area contributed by atoms with E-state index in [1.165, 1.54) is 18.9 Å². The molecule has 0 spiro atoms. The Bertz CT molecular complexity index is 2130. The number of methoxy groups -OCH3 is 2. The molecule has 0 bridgehead atoms. The summed E-state index contributed by atoms with van der Waals surface area (Å²) in [5, 5.41) is 18.5. The van der Waals surface area contributed by atoms with E-state index in [2.05, 4.69) is 20.4 Å². The molecule has 6 rings (SSSR count). The van der Waals surface area contributed by atoms with E-state index < -0.39 is 12.8 Å². The number of hydrogen-bond acceptors (Lipinski definition) is 9. The van der Waals surface area contributed by atoms with Crippen LogP contribution in [0.2, 0.25) is 10.0 Å². The molecule has 16 heteroatoms. The molecule has 2 amide bonds. The zero-order valence-corrected chi connectivity index (χ0v) is 31.0. The van der Waals surface area contributed by atoms with Gasteiger partial charge in [-0.2, -0.15) is 0 Å². The van der Waals surface area contributed by atoms with Crippen LogP contribution in [0.3, 0.4) is 0 Å². The van der Waals surface area contributed by atoms with Gasteiger partial charge in [-0.25, -0.2) is 19.3 Å². The van der Waals surface area contributed by atoms with Crippen LogP contribution in [0, 0.1) is 0 Å². The average molecular weight is 766 g/mol. The van der Waals surface area contributed by atoms with Crippen molar-refractivity contribution in [3.8, 4) is 45.3 Å². The molecular weight excluding hydrogens is 726 g/mol. The molecule has 5 heterocycles. The Morgan fingerprint density at radius 3 is 2.49 bits per heavy atom. The molecule has 0 radical (unpaired) electrons. The topological polar surface area (TPSA) is 147 Å². The number of halogens is 3. The number of benzene rings is 1. The first-order valence-electron chi connectivity index (χ1n) is 17.1. The molecule has 2 N–H and O–H groups in total. The number of amides is 2. The lowest BCUT2D eigenvalue weighted by atomic mass is 9.99. The first-order valence-corrected chi connectivity index (χ1v) is 17.8. The molecule has 4 aromatic heterocycles. The van der Waals surface area contributed by atoms with Crippen LogP contribution in [0.1, 0.15) is 37.6 Å². The number of alkyl halides is 1. The van der Waals surface area contributed by atoms with Crippen LogP contribution in [0.5, 0.6) is 11.6 Å². The summed E-state index contributed by atoms with van der Waals surface area (Å²) >= 11 is 14.2. The summed E-state index contributed by atoms with van der Waals surface area (Å²) < 4.78 is 25.4. The standard InChI is InChI=1S/C37H39Cl2FN8O5/c1-22(49)46-16-11-25(12-17-46)47(37(50)51)20-23-8-9-29(43-36(23)53-3)28-7-4-6-26(32(28)38)27-10-15-42-34(33(27)39)24-18-30(52-2)35-44-31(45-48(35)21-24)19-41-14-5-13-40/h4,6-10,15,18,21,25,41H,5,11-14,16-17,19-20H2,1-3H3,(H,50,51). The minimum Gasteiger partial charge on any atom is -0.493 e.